The van der Waals surface area contributed by atoms with E-state index in [2.05, 4.69) is 43.9 Å². The number of hydrogen-bond donors (Lipinski definition) is 3. The van der Waals surface area contributed by atoms with Gasteiger partial charge < -0.3 is 15.6 Å². The number of aliphatic imine (C=N–C) groups is 1. The maximum Gasteiger partial charge on any atom is 0.191 e. The van der Waals surface area contributed by atoms with Gasteiger partial charge in [-0.05, 0) is 23.6 Å². The number of benzene rings is 1. The molecule has 0 aliphatic heterocycles. The van der Waals surface area contributed by atoms with Gasteiger partial charge in [0.2, 0.25) is 0 Å². The number of aromatic nitrogens is 3. The number of rotatable bonds is 4. The van der Waals surface area contributed by atoms with Gasteiger partial charge in [0.15, 0.2) is 5.96 Å². The summed E-state index contributed by atoms with van der Waals surface area (Å²) in [5.74, 6) is 0.764. The van der Waals surface area contributed by atoms with Gasteiger partial charge in [-0.2, -0.15) is 5.10 Å². The minimum Gasteiger partial charge on any atom is -0.357 e. The molecule has 122 valence electrons. The van der Waals surface area contributed by atoms with Crippen LogP contribution in [0.2, 0.25) is 0 Å². The SMILES string of the molecule is CN=C(NCc1cc2ccccc2[nH]1)NCc1ccnn1C.I. The van der Waals surface area contributed by atoms with Gasteiger partial charge in [-0.3, -0.25) is 9.67 Å². The van der Waals surface area contributed by atoms with E-state index in [-0.39, 0.29) is 24.0 Å². The summed E-state index contributed by atoms with van der Waals surface area (Å²) in [6, 6.07) is 12.4. The molecule has 0 radical (unpaired) electrons. The molecule has 0 aliphatic carbocycles. The van der Waals surface area contributed by atoms with Crippen molar-refractivity contribution in [1.82, 2.24) is 25.4 Å². The molecule has 1 aromatic carbocycles. The number of hydrogen-bond acceptors (Lipinski definition) is 2. The number of nitrogens with zero attached hydrogens (tertiary/aromatic N) is 3. The van der Waals surface area contributed by atoms with Crippen LogP contribution < -0.4 is 10.6 Å². The van der Waals surface area contributed by atoms with E-state index in [1.165, 1.54) is 5.39 Å². The van der Waals surface area contributed by atoms with E-state index >= 15 is 0 Å². The van der Waals surface area contributed by atoms with Crippen molar-refractivity contribution in [3.63, 3.8) is 0 Å². The molecule has 6 nitrogen and oxygen atoms in total. The van der Waals surface area contributed by atoms with Crippen molar-refractivity contribution in [2.75, 3.05) is 7.05 Å². The van der Waals surface area contributed by atoms with Gasteiger partial charge in [0.25, 0.3) is 0 Å². The van der Waals surface area contributed by atoms with Crippen molar-refractivity contribution in [3.05, 3.63) is 54.0 Å². The fourth-order valence-corrected chi connectivity index (χ4v) is 2.38. The van der Waals surface area contributed by atoms with Gasteiger partial charge in [-0.25, -0.2) is 0 Å². The fraction of sp³-hybridized carbons (Fsp3) is 0.250. The van der Waals surface area contributed by atoms with E-state index in [4.69, 9.17) is 0 Å². The van der Waals surface area contributed by atoms with E-state index in [1.54, 1.807) is 13.2 Å². The zero-order valence-corrected chi connectivity index (χ0v) is 15.5. The summed E-state index contributed by atoms with van der Waals surface area (Å²) in [4.78, 5) is 7.63. The molecule has 3 N–H and O–H groups in total. The lowest BCUT2D eigenvalue weighted by atomic mass is 10.2. The van der Waals surface area contributed by atoms with Crippen LogP contribution in [-0.4, -0.2) is 27.8 Å². The zero-order valence-electron chi connectivity index (χ0n) is 13.2. The van der Waals surface area contributed by atoms with Crippen LogP contribution in [0, 0.1) is 0 Å². The average molecular weight is 424 g/mol. The number of guanidine groups is 1. The zero-order chi connectivity index (χ0) is 15.4. The van der Waals surface area contributed by atoms with Gasteiger partial charge in [0, 0.05) is 31.5 Å². The monoisotopic (exact) mass is 424 g/mol. The Labute approximate surface area is 152 Å². The molecule has 0 saturated carbocycles. The fourth-order valence-electron chi connectivity index (χ4n) is 2.38. The Morgan fingerprint density at radius 2 is 2.00 bits per heavy atom. The van der Waals surface area contributed by atoms with Crippen molar-refractivity contribution in [2.45, 2.75) is 13.1 Å². The highest BCUT2D eigenvalue weighted by Crippen LogP contribution is 2.14. The maximum absolute atomic E-state index is 4.24. The molecule has 0 aliphatic rings. The van der Waals surface area contributed by atoms with Crippen LogP contribution in [0.4, 0.5) is 0 Å². The molecular formula is C16H21IN6. The van der Waals surface area contributed by atoms with Crippen molar-refractivity contribution < 1.29 is 0 Å². The van der Waals surface area contributed by atoms with Crippen LogP contribution in [0.15, 0.2) is 47.6 Å². The second-order valence-electron chi connectivity index (χ2n) is 5.11. The minimum atomic E-state index is 0. The molecular weight excluding hydrogens is 403 g/mol. The van der Waals surface area contributed by atoms with Crippen LogP contribution in [-0.2, 0) is 20.1 Å². The highest BCUT2D eigenvalue weighted by Gasteiger charge is 2.03. The van der Waals surface area contributed by atoms with Crippen LogP contribution in [0.3, 0.4) is 0 Å². The summed E-state index contributed by atoms with van der Waals surface area (Å²) in [6.07, 6.45) is 1.79. The lowest BCUT2D eigenvalue weighted by Crippen LogP contribution is -2.36. The third kappa shape index (κ3) is 4.25. The number of halogens is 1. The average Bonchev–Trinajstić information content (AvgIpc) is 3.13. The Bertz CT molecular complexity index is 756. The summed E-state index contributed by atoms with van der Waals surface area (Å²) in [6.45, 7) is 1.38. The van der Waals surface area contributed by atoms with Crippen molar-refractivity contribution in [1.29, 1.82) is 0 Å². The predicted octanol–water partition coefficient (Wildman–Crippen LogP) is 2.38. The van der Waals surface area contributed by atoms with Crippen molar-refractivity contribution in [2.24, 2.45) is 12.0 Å². The largest absolute Gasteiger partial charge is 0.357 e. The molecule has 3 rings (SSSR count). The Hall–Kier alpha value is -2.03. The van der Waals surface area contributed by atoms with Crippen LogP contribution in [0.5, 0.6) is 0 Å². The second-order valence-corrected chi connectivity index (χ2v) is 5.11. The third-order valence-electron chi connectivity index (χ3n) is 3.62. The molecule has 0 unspecified atom stereocenters. The first-order valence-corrected chi connectivity index (χ1v) is 7.24. The molecule has 0 spiro atoms. The molecule has 3 aromatic rings. The summed E-state index contributed by atoms with van der Waals surface area (Å²) < 4.78 is 1.85. The summed E-state index contributed by atoms with van der Waals surface area (Å²) in [7, 11) is 3.70. The highest BCUT2D eigenvalue weighted by atomic mass is 127. The molecule has 0 bridgehead atoms. The lowest BCUT2D eigenvalue weighted by Gasteiger charge is -2.11. The first-order chi connectivity index (χ1) is 10.8. The number of aryl methyl sites for hydroxylation is 1. The van der Waals surface area contributed by atoms with E-state index in [9.17, 15) is 0 Å². The Kier molecular flexibility index (Phi) is 6.03. The van der Waals surface area contributed by atoms with Gasteiger partial charge in [-0.15, -0.1) is 24.0 Å². The highest BCUT2D eigenvalue weighted by molar-refractivity contribution is 14.0. The van der Waals surface area contributed by atoms with Gasteiger partial charge in [0.1, 0.15) is 0 Å². The van der Waals surface area contributed by atoms with Gasteiger partial charge in [-0.1, -0.05) is 18.2 Å². The number of para-hydroxylation sites is 1. The summed E-state index contributed by atoms with van der Waals surface area (Å²) >= 11 is 0. The molecule has 2 heterocycles. The van der Waals surface area contributed by atoms with E-state index in [0.29, 0.717) is 13.1 Å². The molecule has 2 aromatic heterocycles. The molecule has 7 heteroatoms. The molecule has 0 amide bonds. The molecule has 0 fully saturated rings. The van der Waals surface area contributed by atoms with Crippen molar-refractivity contribution >= 4 is 40.8 Å². The van der Waals surface area contributed by atoms with E-state index < -0.39 is 0 Å². The Balaban J connectivity index is 0.00000192. The lowest BCUT2D eigenvalue weighted by molar-refractivity contribution is 0.684. The molecule has 23 heavy (non-hydrogen) atoms. The Morgan fingerprint density at radius 3 is 2.70 bits per heavy atom. The quantitative estimate of drug-likeness (QED) is 0.342. The van der Waals surface area contributed by atoms with Crippen LogP contribution in [0.25, 0.3) is 10.9 Å². The van der Waals surface area contributed by atoms with Crippen LogP contribution >= 0.6 is 24.0 Å². The first-order valence-electron chi connectivity index (χ1n) is 7.24. The van der Waals surface area contributed by atoms with Crippen molar-refractivity contribution in [3.8, 4) is 0 Å². The number of aromatic amines is 1. The van der Waals surface area contributed by atoms with E-state index in [1.807, 2.05) is 29.9 Å². The van der Waals surface area contributed by atoms with E-state index in [0.717, 1.165) is 22.9 Å². The standard InChI is InChI=1S/C16H20N6.HI/c1-17-16(19-11-14-7-8-20-22(14)2)18-10-13-9-12-5-3-4-6-15(12)21-13;/h3-9,21H,10-11H2,1-2H3,(H2,17,18,19);1H. The third-order valence-corrected chi connectivity index (χ3v) is 3.62. The smallest absolute Gasteiger partial charge is 0.191 e. The first kappa shape index (κ1) is 17.3. The minimum absolute atomic E-state index is 0. The topological polar surface area (TPSA) is 70.0 Å². The predicted molar refractivity (Wildman–Crippen MR) is 104 cm³/mol. The summed E-state index contributed by atoms with van der Waals surface area (Å²) in [5, 5.41) is 12.0. The second kappa shape index (κ2) is 8.00. The normalized spacial score (nSPS) is 11.3. The maximum atomic E-state index is 4.24. The number of fused-ring (bicyclic) bond motifs is 1. The van der Waals surface area contributed by atoms with Gasteiger partial charge >= 0.3 is 0 Å². The number of nitrogens with one attached hydrogen (secondary N) is 3. The summed E-state index contributed by atoms with van der Waals surface area (Å²) in [5.41, 5.74) is 3.38. The molecule has 0 saturated heterocycles. The molecule has 0 atom stereocenters. The number of H-pyrrole nitrogens is 1. The van der Waals surface area contributed by atoms with Gasteiger partial charge in [0.05, 0.1) is 18.8 Å². The van der Waals surface area contributed by atoms with Crippen LogP contribution in [0.1, 0.15) is 11.4 Å². The Morgan fingerprint density at radius 1 is 1.22 bits per heavy atom.